The first-order valence-electron chi connectivity index (χ1n) is 5.16. The van der Waals surface area contributed by atoms with Gasteiger partial charge in [0.1, 0.15) is 6.04 Å². The monoisotopic (exact) mass is 185 g/mol. The minimum atomic E-state index is -0.429. The van der Waals surface area contributed by atoms with E-state index in [1.807, 2.05) is 6.92 Å². The third kappa shape index (κ3) is 3.35. The highest BCUT2D eigenvalue weighted by Gasteiger charge is 2.18. The van der Waals surface area contributed by atoms with Gasteiger partial charge < -0.3 is 10.5 Å². The molecule has 3 nitrogen and oxygen atoms in total. The van der Waals surface area contributed by atoms with Crippen molar-refractivity contribution in [1.82, 2.24) is 0 Å². The summed E-state index contributed by atoms with van der Waals surface area (Å²) in [5.41, 5.74) is 5.51. The van der Waals surface area contributed by atoms with Crippen molar-refractivity contribution >= 4 is 5.97 Å². The van der Waals surface area contributed by atoms with E-state index in [4.69, 9.17) is 10.5 Å². The third-order valence-corrected chi connectivity index (χ3v) is 2.74. The number of rotatable bonds is 5. The van der Waals surface area contributed by atoms with E-state index in [0.29, 0.717) is 13.0 Å². The van der Waals surface area contributed by atoms with Crippen LogP contribution in [0.3, 0.4) is 0 Å². The fourth-order valence-corrected chi connectivity index (χ4v) is 1.38. The largest absolute Gasteiger partial charge is 0.465 e. The Hall–Kier alpha value is -0.570. The highest BCUT2D eigenvalue weighted by atomic mass is 16.5. The standard InChI is InChI=1S/C10H19NO2/c1-2-9(11)10(12)13-7-6-8-4-3-5-8/h8-9H,2-7,11H2,1H3. The zero-order valence-electron chi connectivity index (χ0n) is 8.29. The van der Waals surface area contributed by atoms with Crippen LogP contribution < -0.4 is 5.73 Å². The van der Waals surface area contributed by atoms with E-state index in [1.54, 1.807) is 0 Å². The van der Waals surface area contributed by atoms with E-state index >= 15 is 0 Å². The van der Waals surface area contributed by atoms with Crippen LogP contribution in [0.4, 0.5) is 0 Å². The summed E-state index contributed by atoms with van der Waals surface area (Å²) in [4.78, 5) is 11.1. The first-order chi connectivity index (χ1) is 6.24. The average Bonchev–Trinajstić information content (AvgIpc) is 2.07. The highest BCUT2D eigenvalue weighted by Crippen LogP contribution is 2.29. The maximum atomic E-state index is 11.1. The van der Waals surface area contributed by atoms with E-state index < -0.39 is 6.04 Å². The van der Waals surface area contributed by atoms with Crippen molar-refractivity contribution in [3.63, 3.8) is 0 Å². The Morgan fingerprint density at radius 2 is 2.31 bits per heavy atom. The molecule has 1 rings (SSSR count). The molecule has 0 aliphatic heterocycles. The number of hydrogen-bond donors (Lipinski definition) is 1. The molecular weight excluding hydrogens is 166 g/mol. The third-order valence-electron chi connectivity index (χ3n) is 2.74. The smallest absolute Gasteiger partial charge is 0.322 e. The van der Waals surface area contributed by atoms with Gasteiger partial charge in [0.15, 0.2) is 0 Å². The van der Waals surface area contributed by atoms with Crippen LogP contribution in [0.1, 0.15) is 39.0 Å². The average molecular weight is 185 g/mol. The molecule has 1 fully saturated rings. The molecule has 0 spiro atoms. The van der Waals surface area contributed by atoms with Crippen molar-refractivity contribution in [2.45, 2.75) is 45.1 Å². The van der Waals surface area contributed by atoms with Gasteiger partial charge in [-0.2, -0.15) is 0 Å². The van der Waals surface area contributed by atoms with E-state index in [0.717, 1.165) is 12.3 Å². The summed E-state index contributed by atoms with van der Waals surface area (Å²) >= 11 is 0. The first-order valence-corrected chi connectivity index (χ1v) is 5.16. The number of nitrogens with two attached hydrogens (primary N) is 1. The molecule has 13 heavy (non-hydrogen) atoms. The Kier molecular flexibility index (Phi) is 4.22. The van der Waals surface area contributed by atoms with Gasteiger partial charge in [0, 0.05) is 0 Å². The first kappa shape index (κ1) is 10.5. The summed E-state index contributed by atoms with van der Waals surface area (Å²) in [5.74, 6) is 0.549. The van der Waals surface area contributed by atoms with Crippen LogP contribution >= 0.6 is 0 Å². The van der Waals surface area contributed by atoms with Gasteiger partial charge in [0.2, 0.25) is 0 Å². The Morgan fingerprint density at radius 3 is 2.77 bits per heavy atom. The molecule has 0 aromatic rings. The fraction of sp³-hybridized carbons (Fsp3) is 0.900. The molecule has 0 bridgehead atoms. The second-order valence-corrected chi connectivity index (χ2v) is 3.77. The molecular formula is C10H19NO2. The molecule has 0 aromatic heterocycles. The lowest BCUT2D eigenvalue weighted by molar-refractivity contribution is -0.145. The highest BCUT2D eigenvalue weighted by molar-refractivity contribution is 5.75. The molecule has 2 N–H and O–H groups in total. The molecule has 0 aromatic carbocycles. The zero-order valence-corrected chi connectivity index (χ0v) is 8.29. The van der Waals surface area contributed by atoms with Crippen LogP contribution in [0.25, 0.3) is 0 Å². The predicted molar refractivity (Wildman–Crippen MR) is 51.2 cm³/mol. The number of ether oxygens (including phenoxy) is 1. The van der Waals surface area contributed by atoms with Crippen molar-refractivity contribution in [2.75, 3.05) is 6.61 Å². The van der Waals surface area contributed by atoms with E-state index in [2.05, 4.69) is 0 Å². The van der Waals surface area contributed by atoms with Crippen LogP contribution in [0.15, 0.2) is 0 Å². The van der Waals surface area contributed by atoms with Crippen LogP contribution in [0, 0.1) is 5.92 Å². The summed E-state index contributed by atoms with van der Waals surface area (Å²) < 4.78 is 5.04. The van der Waals surface area contributed by atoms with Gasteiger partial charge in [-0.15, -0.1) is 0 Å². The Morgan fingerprint density at radius 1 is 1.62 bits per heavy atom. The molecule has 76 valence electrons. The van der Waals surface area contributed by atoms with Crippen molar-refractivity contribution < 1.29 is 9.53 Å². The van der Waals surface area contributed by atoms with Crippen LogP contribution in [0.2, 0.25) is 0 Å². The summed E-state index contributed by atoms with van der Waals surface area (Å²) in [6, 6.07) is -0.429. The van der Waals surface area contributed by atoms with Gasteiger partial charge in [-0.25, -0.2) is 0 Å². The molecule has 1 aliphatic rings. The minimum Gasteiger partial charge on any atom is -0.465 e. The fourth-order valence-electron chi connectivity index (χ4n) is 1.38. The Balaban J connectivity index is 2.00. The van der Waals surface area contributed by atoms with Crippen molar-refractivity contribution in [1.29, 1.82) is 0 Å². The maximum Gasteiger partial charge on any atom is 0.322 e. The van der Waals surface area contributed by atoms with Gasteiger partial charge >= 0.3 is 5.97 Å². The van der Waals surface area contributed by atoms with Crippen molar-refractivity contribution in [3.05, 3.63) is 0 Å². The van der Waals surface area contributed by atoms with Crippen LogP contribution in [-0.2, 0) is 9.53 Å². The van der Waals surface area contributed by atoms with Gasteiger partial charge in [-0.3, -0.25) is 4.79 Å². The van der Waals surface area contributed by atoms with Crippen LogP contribution in [0.5, 0.6) is 0 Å². The Bertz CT molecular complexity index is 166. The molecule has 1 unspecified atom stereocenters. The minimum absolute atomic E-state index is 0.248. The summed E-state index contributed by atoms with van der Waals surface area (Å²) in [5, 5.41) is 0. The molecule has 1 atom stereocenters. The molecule has 1 aliphatic carbocycles. The molecule has 0 saturated heterocycles. The summed E-state index contributed by atoms with van der Waals surface area (Å²) in [7, 11) is 0. The Labute approximate surface area is 79.6 Å². The number of carbonyl (C=O) groups excluding carboxylic acids is 1. The van der Waals surface area contributed by atoms with Gasteiger partial charge in [0.05, 0.1) is 6.61 Å². The van der Waals surface area contributed by atoms with Gasteiger partial charge in [0.25, 0.3) is 0 Å². The summed E-state index contributed by atoms with van der Waals surface area (Å²) in [6.45, 7) is 2.44. The SMILES string of the molecule is CCC(N)C(=O)OCCC1CCC1. The molecule has 0 heterocycles. The van der Waals surface area contributed by atoms with Crippen molar-refractivity contribution in [2.24, 2.45) is 11.7 Å². The van der Waals surface area contributed by atoms with Gasteiger partial charge in [-0.05, 0) is 18.8 Å². The lowest BCUT2D eigenvalue weighted by atomic mass is 9.83. The van der Waals surface area contributed by atoms with E-state index in [9.17, 15) is 4.79 Å². The van der Waals surface area contributed by atoms with E-state index in [1.165, 1.54) is 19.3 Å². The van der Waals surface area contributed by atoms with Crippen molar-refractivity contribution in [3.8, 4) is 0 Å². The topological polar surface area (TPSA) is 52.3 Å². The predicted octanol–water partition coefficient (Wildman–Crippen LogP) is 1.46. The number of carbonyl (C=O) groups is 1. The second kappa shape index (κ2) is 5.22. The lowest BCUT2D eigenvalue weighted by Gasteiger charge is -2.24. The quantitative estimate of drug-likeness (QED) is 0.660. The lowest BCUT2D eigenvalue weighted by Crippen LogP contribution is -2.32. The van der Waals surface area contributed by atoms with Crippen LogP contribution in [-0.4, -0.2) is 18.6 Å². The molecule has 3 heteroatoms. The molecule has 0 amide bonds. The summed E-state index contributed by atoms with van der Waals surface area (Å²) in [6.07, 6.45) is 5.62. The van der Waals surface area contributed by atoms with Gasteiger partial charge in [-0.1, -0.05) is 26.2 Å². The molecule has 0 radical (unpaired) electrons. The second-order valence-electron chi connectivity index (χ2n) is 3.77. The maximum absolute atomic E-state index is 11.1. The number of hydrogen-bond acceptors (Lipinski definition) is 3. The number of esters is 1. The van der Waals surface area contributed by atoms with E-state index in [-0.39, 0.29) is 5.97 Å². The zero-order chi connectivity index (χ0) is 9.68. The normalized spacial score (nSPS) is 19.2. The molecule has 1 saturated carbocycles.